The highest BCUT2D eigenvalue weighted by molar-refractivity contribution is 6.19. The third kappa shape index (κ3) is 2.66. The Balaban J connectivity index is 2.07. The Morgan fingerprint density at radius 2 is 0.857 bits per heavy atom. The molecular weight excluding hydrogens is 340 g/mol. The van der Waals surface area contributed by atoms with Crippen molar-refractivity contribution in [2.45, 2.75) is 13.8 Å². The molecular formula is C26H20N2. The van der Waals surface area contributed by atoms with E-state index in [0.29, 0.717) is 0 Å². The zero-order valence-electron chi connectivity index (χ0n) is 16.0. The predicted molar refractivity (Wildman–Crippen MR) is 117 cm³/mol. The zero-order valence-corrected chi connectivity index (χ0v) is 16.0. The summed E-state index contributed by atoms with van der Waals surface area (Å²) in [6, 6.07) is 29.7. The van der Waals surface area contributed by atoms with Gasteiger partial charge >= 0.3 is 0 Å². The molecule has 0 aliphatic heterocycles. The fourth-order valence-corrected chi connectivity index (χ4v) is 3.96. The summed E-state index contributed by atoms with van der Waals surface area (Å²) in [4.78, 5) is 9.81. The van der Waals surface area contributed by atoms with Gasteiger partial charge < -0.3 is 0 Å². The second-order valence-electron chi connectivity index (χ2n) is 7.18. The van der Waals surface area contributed by atoms with Gasteiger partial charge in [0.25, 0.3) is 0 Å². The first kappa shape index (κ1) is 16.6. The molecule has 5 aromatic rings. The van der Waals surface area contributed by atoms with Crippen LogP contribution in [0.5, 0.6) is 0 Å². The van der Waals surface area contributed by atoms with E-state index in [0.717, 1.165) is 33.2 Å². The van der Waals surface area contributed by atoms with Gasteiger partial charge in [-0.25, -0.2) is 0 Å². The van der Waals surface area contributed by atoms with Crippen LogP contribution in [0.4, 0.5) is 0 Å². The van der Waals surface area contributed by atoms with Crippen LogP contribution < -0.4 is 0 Å². The van der Waals surface area contributed by atoms with Gasteiger partial charge in [0, 0.05) is 22.2 Å². The highest BCUT2D eigenvalue weighted by Crippen LogP contribution is 2.43. The number of benzene rings is 3. The molecule has 28 heavy (non-hydrogen) atoms. The van der Waals surface area contributed by atoms with Crippen LogP contribution >= 0.6 is 0 Å². The second-order valence-corrected chi connectivity index (χ2v) is 7.18. The minimum absolute atomic E-state index is 0.970. The van der Waals surface area contributed by atoms with Crippen molar-refractivity contribution in [1.82, 2.24) is 9.97 Å². The fourth-order valence-electron chi connectivity index (χ4n) is 3.96. The van der Waals surface area contributed by atoms with Crippen molar-refractivity contribution in [3.63, 3.8) is 0 Å². The normalized spacial score (nSPS) is 11.2. The van der Waals surface area contributed by atoms with Crippen molar-refractivity contribution in [2.75, 3.05) is 0 Å². The van der Waals surface area contributed by atoms with Gasteiger partial charge in [-0.1, -0.05) is 72.8 Å². The number of fused-ring (bicyclic) bond motifs is 3. The van der Waals surface area contributed by atoms with Crippen LogP contribution in [-0.2, 0) is 0 Å². The van der Waals surface area contributed by atoms with Gasteiger partial charge in [-0.15, -0.1) is 0 Å². The van der Waals surface area contributed by atoms with Crippen LogP contribution in [0.15, 0.2) is 84.9 Å². The van der Waals surface area contributed by atoms with E-state index in [1.54, 1.807) is 0 Å². The van der Waals surface area contributed by atoms with Crippen molar-refractivity contribution < 1.29 is 0 Å². The maximum absolute atomic E-state index is 4.90. The molecule has 0 atom stereocenters. The Bertz CT molecular complexity index is 1200. The van der Waals surface area contributed by atoms with Gasteiger partial charge in [-0.3, -0.25) is 9.97 Å². The second kappa shape index (κ2) is 6.58. The van der Waals surface area contributed by atoms with Gasteiger partial charge in [-0.2, -0.15) is 0 Å². The summed E-state index contributed by atoms with van der Waals surface area (Å²) < 4.78 is 0. The molecule has 2 nitrogen and oxygen atoms in total. The Kier molecular flexibility index (Phi) is 3.91. The molecule has 0 radical (unpaired) electrons. The number of pyridine rings is 2. The molecule has 0 saturated carbocycles. The van der Waals surface area contributed by atoms with Crippen LogP contribution in [-0.4, -0.2) is 9.97 Å². The van der Waals surface area contributed by atoms with Crippen molar-refractivity contribution in [2.24, 2.45) is 0 Å². The van der Waals surface area contributed by atoms with E-state index in [-0.39, 0.29) is 0 Å². The number of hydrogen-bond donors (Lipinski definition) is 0. The lowest BCUT2D eigenvalue weighted by atomic mass is 9.87. The van der Waals surface area contributed by atoms with E-state index in [4.69, 9.17) is 9.97 Å². The molecule has 0 bridgehead atoms. The monoisotopic (exact) mass is 360 g/mol. The van der Waals surface area contributed by atoms with Gasteiger partial charge in [0.15, 0.2) is 0 Å². The van der Waals surface area contributed by atoms with Crippen LogP contribution in [0.3, 0.4) is 0 Å². The third-order valence-corrected chi connectivity index (χ3v) is 5.21. The number of nitrogens with zero attached hydrogens (tertiary/aromatic N) is 2. The Labute approximate surface area is 164 Å². The molecule has 0 fully saturated rings. The molecule has 0 unspecified atom stereocenters. The van der Waals surface area contributed by atoms with Crippen LogP contribution in [0.25, 0.3) is 44.1 Å². The highest BCUT2D eigenvalue weighted by Gasteiger charge is 2.19. The van der Waals surface area contributed by atoms with Gasteiger partial charge in [0.05, 0.1) is 11.0 Å². The highest BCUT2D eigenvalue weighted by atomic mass is 14.8. The lowest BCUT2D eigenvalue weighted by Gasteiger charge is -2.18. The summed E-state index contributed by atoms with van der Waals surface area (Å²) in [7, 11) is 0. The summed E-state index contributed by atoms with van der Waals surface area (Å²) in [6.07, 6.45) is 0. The molecule has 0 N–H and O–H groups in total. The Morgan fingerprint density at radius 3 is 1.25 bits per heavy atom. The zero-order chi connectivity index (χ0) is 19.1. The van der Waals surface area contributed by atoms with Crippen molar-refractivity contribution >= 4 is 21.8 Å². The number of rotatable bonds is 2. The average Bonchev–Trinajstić information content (AvgIpc) is 2.74. The van der Waals surface area contributed by atoms with E-state index in [1.807, 2.05) is 13.8 Å². The fraction of sp³-hybridized carbons (Fsp3) is 0.0769. The van der Waals surface area contributed by atoms with Crippen molar-refractivity contribution in [1.29, 1.82) is 0 Å². The molecule has 0 spiro atoms. The minimum Gasteiger partial charge on any atom is -0.251 e. The maximum Gasteiger partial charge on any atom is 0.0974 e. The average molecular weight is 360 g/mol. The molecule has 2 heteroatoms. The largest absolute Gasteiger partial charge is 0.251 e. The van der Waals surface area contributed by atoms with E-state index in [1.165, 1.54) is 22.3 Å². The molecule has 3 aromatic carbocycles. The summed E-state index contributed by atoms with van der Waals surface area (Å²) in [6.45, 7) is 4.07. The van der Waals surface area contributed by atoms with E-state index in [9.17, 15) is 0 Å². The lowest BCUT2D eigenvalue weighted by Crippen LogP contribution is -1.96. The minimum atomic E-state index is 0.970. The summed E-state index contributed by atoms with van der Waals surface area (Å²) in [5, 5.41) is 2.28. The standard InChI is InChI=1S/C26H20N2/c1-17-13-15-21-23(19-9-5-3-6-10-19)24(20-11-7-4-8-12-20)22-16-14-18(2)28-26(22)25(21)27-17/h3-16H,1-2H3. The van der Waals surface area contributed by atoms with E-state index < -0.39 is 0 Å². The smallest absolute Gasteiger partial charge is 0.0974 e. The number of hydrogen-bond acceptors (Lipinski definition) is 2. The van der Waals surface area contributed by atoms with Crippen molar-refractivity contribution in [3.8, 4) is 22.3 Å². The van der Waals surface area contributed by atoms with Crippen LogP contribution in [0.2, 0.25) is 0 Å². The first-order valence-electron chi connectivity index (χ1n) is 9.54. The summed E-state index contributed by atoms with van der Waals surface area (Å²) in [5.41, 5.74) is 8.76. The number of aromatic nitrogens is 2. The van der Waals surface area contributed by atoms with Gasteiger partial charge in [0.2, 0.25) is 0 Å². The van der Waals surface area contributed by atoms with Gasteiger partial charge in [-0.05, 0) is 48.2 Å². The quantitative estimate of drug-likeness (QED) is 0.326. The van der Waals surface area contributed by atoms with Gasteiger partial charge in [0.1, 0.15) is 0 Å². The molecule has 2 heterocycles. The predicted octanol–water partition coefficient (Wildman–Crippen LogP) is 6.73. The summed E-state index contributed by atoms with van der Waals surface area (Å²) >= 11 is 0. The van der Waals surface area contributed by atoms with Crippen LogP contribution in [0, 0.1) is 13.8 Å². The Morgan fingerprint density at radius 1 is 0.464 bits per heavy atom. The molecule has 0 aliphatic rings. The topological polar surface area (TPSA) is 25.8 Å². The molecule has 0 saturated heterocycles. The first-order chi connectivity index (χ1) is 13.7. The third-order valence-electron chi connectivity index (χ3n) is 5.21. The SMILES string of the molecule is Cc1ccc2c(-c3ccccc3)c(-c3ccccc3)c3ccc(C)nc3c2n1. The number of aryl methyl sites for hydroxylation is 2. The van der Waals surface area contributed by atoms with Crippen LogP contribution in [0.1, 0.15) is 11.4 Å². The molecule has 0 aliphatic carbocycles. The Hall–Kier alpha value is -3.52. The molecule has 5 rings (SSSR count). The molecule has 0 amide bonds. The molecule has 2 aromatic heterocycles. The first-order valence-corrected chi connectivity index (χ1v) is 9.54. The molecule has 134 valence electrons. The maximum atomic E-state index is 4.90. The lowest BCUT2D eigenvalue weighted by molar-refractivity contribution is 1.23. The summed E-state index contributed by atoms with van der Waals surface area (Å²) in [5.74, 6) is 0. The van der Waals surface area contributed by atoms with E-state index in [2.05, 4.69) is 84.9 Å². The van der Waals surface area contributed by atoms with E-state index >= 15 is 0 Å². The van der Waals surface area contributed by atoms with Crippen molar-refractivity contribution in [3.05, 3.63) is 96.3 Å².